The summed E-state index contributed by atoms with van der Waals surface area (Å²) in [5.41, 5.74) is 6.69. The highest BCUT2D eigenvalue weighted by Crippen LogP contribution is 2.01. The molecule has 3 nitrogen and oxygen atoms in total. The van der Waals surface area contributed by atoms with Crippen molar-refractivity contribution < 1.29 is 4.79 Å². The van der Waals surface area contributed by atoms with Crippen LogP contribution in [-0.4, -0.2) is 16.8 Å². The van der Waals surface area contributed by atoms with Crippen molar-refractivity contribution in [1.29, 1.82) is 0 Å². The SMILES string of the molecule is CCC(=O)[C@@H](N)Cc1cccnc1. The third-order valence-electron chi connectivity index (χ3n) is 1.94. The van der Waals surface area contributed by atoms with Gasteiger partial charge in [-0.3, -0.25) is 9.78 Å². The first-order valence-electron chi connectivity index (χ1n) is 4.41. The Balaban J connectivity index is 2.55. The Kier molecular flexibility index (Phi) is 3.58. The Morgan fingerprint density at radius 2 is 2.46 bits per heavy atom. The van der Waals surface area contributed by atoms with E-state index in [4.69, 9.17) is 5.73 Å². The van der Waals surface area contributed by atoms with Crippen molar-refractivity contribution in [1.82, 2.24) is 4.98 Å². The lowest BCUT2D eigenvalue weighted by molar-refractivity contribution is -0.119. The maximum absolute atomic E-state index is 11.2. The monoisotopic (exact) mass is 178 g/mol. The molecule has 0 bridgehead atoms. The van der Waals surface area contributed by atoms with Gasteiger partial charge >= 0.3 is 0 Å². The first kappa shape index (κ1) is 9.86. The maximum atomic E-state index is 11.2. The third-order valence-corrected chi connectivity index (χ3v) is 1.94. The number of pyridine rings is 1. The summed E-state index contributed by atoms with van der Waals surface area (Å²) in [6.45, 7) is 1.82. The molecule has 1 aromatic heterocycles. The third kappa shape index (κ3) is 2.95. The normalized spacial score (nSPS) is 12.5. The minimum Gasteiger partial charge on any atom is -0.321 e. The molecule has 0 radical (unpaired) electrons. The number of nitrogens with two attached hydrogens (primary N) is 1. The molecule has 0 unspecified atom stereocenters. The molecule has 2 N–H and O–H groups in total. The number of carbonyl (C=O) groups excluding carboxylic acids is 1. The predicted octanol–water partition coefficient (Wildman–Crippen LogP) is 0.930. The Morgan fingerprint density at radius 1 is 1.69 bits per heavy atom. The van der Waals surface area contributed by atoms with Crippen LogP contribution in [0.15, 0.2) is 24.5 Å². The van der Waals surface area contributed by atoms with E-state index in [0.29, 0.717) is 12.8 Å². The molecule has 0 aliphatic carbocycles. The van der Waals surface area contributed by atoms with E-state index in [1.165, 1.54) is 0 Å². The van der Waals surface area contributed by atoms with Gasteiger partial charge in [-0.25, -0.2) is 0 Å². The summed E-state index contributed by atoms with van der Waals surface area (Å²) in [5, 5.41) is 0. The van der Waals surface area contributed by atoms with Crippen LogP contribution in [0, 0.1) is 0 Å². The molecule has 0 amide bonds. The number of hydrogen-bond acceptors (Lipinski definition) is 3. The molecule has 1 atom stereocenters. The topological polar surface area (TPSA) is 56.0 Å². The molecular weight excluding hydrogens is 164 g/mol. The van der Waals surface area contributed by atoms with E-state index in [2.05, 4.69) is 4.98 Å². The highest BCUT2D eigenvalue weighted by atomic mass is 16.1. The van der Waals surface area contributed by atoms with E-state index in [1.807, 2.05) is 19.1 Å². The van der Waals surface area contributed by atoms with Crippen LogP contribution in [0.25, 0.3) is 0 Å². The zero-order valence-corrected chi connectivity index (χ0v) is 7.73. The van der Waals surface area contributed by atoms with Gasteiger partial charge in [0.1, 0.15) is 5.78 Å². The standard InChI is InChI=1S/C10H14N2O/c1-2-10(13)9(11)6-8-4-3-5-12-7-8/h3-5,7,9H,2,6,11H2,1H3/t9-/m0/s1. The van der Waals surface area contributed by atoms with E-state index in [1.54, 1.807) is 12.4 Å². The second-order valence-corrected chi connectivity index (χ2v) is 2.99. The molecule has 13 heavy (non-hydrogen) atoms. The van der Waals surface area contributed by atoms with Crippen LogP contribution in [0.5, 0.6) is 0 Å². The van der Waals surface area contributed by atoms with Crippen LogP contribution in [-0.2, 0) is 11.2 Å². The summed E-state index contributed by atoms with van der Waals surface area (Å²) in [7, 11) is 0. The van der Waals surface area contributed by atoms with Crippen LogP contribution in [0.3, 0.4) is 0 Å². The second-order valence-electron chi connectivity index (χ2n) is 2.99. The van der Waals surface area contributed by atoms with Gasteiger partial charge in [-0.05, 0) is 18.1 Å². The van der Waals surface area contributed by atoms with Crippen molar-refractivity contribution in [3.05, 3.63) is 30.1 Å². The first-order chi connectivity index (χ1) is 6.24. The van der Waals surface area contributed by atoms with Crippen molar-refractivity contribution in [2.45, 2.75) is 25.8 Å². The second kappa shape index (κ2) is 4.72. The molecule has 0 saturated heterocycles. The van der Waals surface area contributed by atoms with Gasteiger partial charge in [0.2, 0.25) is 0 Å². The summed E-state index contributed by atoms with van der Waals surface area (Å²) in [4.78, 5) is 15.1. The van der Waals surface area contributed by atoms with Gasteiger partial charge in [0.05, 0.1) is 6.04 Å². The Morgan fingerprint density at radius 3 is 3.00 bits per heavy atom. The molecule has 0 saturated carbocycles. The summed E-state index contributed by atoms with van der Waals surface area (Å²) in [6, 6.07) is 3.39. The van der Waals surface area contributed by atoms with Crippen molar-refractivity contribution in [2.24, 2.45) is 5.73 Å². The number of rotatable bonds is 4. The van der Waals surface area contributed by atoms with Gasteiger partial charge in [-0.2, -0.15) is 0 Å². The molecule has 0 aromatic carbocycles. The summed E-state index contributed by atoms with van der Waals surface area (Å²) < 4.78 is 0. The number of aromatic nitrogens is 1. The highest BCUT2D eigenvalue weighted by Gasteiger charge is 2.11. The number of hydrogen-bond donors (Lipinski definition) is 1. The number of carbonyl (C=O) groups is 1. The van der Waals surface area contributed by atoms with E-state index < -0.39 is 0 Å². The lowest BCUT2D eigenvalue weighted by Crippen LogP contribution is -2.32. The first-order valence-corrected chi connectivity index (χ1v) is 4.41. The smallest absolute Gasteiger partial charge is 0.149 e. The van der Waals surface area contributed by atoms with Gasteiger partial charge in [0.25, 0.3) is 0 Å². The van der Waals surface area contributed by atoms with Gasteiger partial charge in [0, 0.05) is 18.8 Å². The molecule has 1 aromatic rings. The van der Waals surface area contributed by atoms with Crippen LogP contribution < -0.4 is 5.73 Å². The highest BCUT2D eigenvalue weighted by molar-refractivity contribution is 5.83. The number of nitrogens with zero attached hydrogens (tertiary/aromatic N) is 1. The molecule has 1 rings (SSSR count). The largest absolute Gasteiger partial charge is 0.321 e. The maximum Gasteiger partial charge on any atom is 0.149 e. The minimum absolute atomic E-state index is 0.101. The fourth-order valence-electron chi connectivity index (χ4n) is 1.15. The molecule has 1 heterocycles. The van der Waals surface area contributed by atoms with Crippen molar-refractivity contribution >= 4 is 5.78 Å². The van der Waals surface area contributed by atoms with E-state index >= 15 is 0 Å². The molecule has 0 aliphatic rings. The van der Waals surface area contributed by atoms with E-state index in [-0.39, 0.29) is 11.8 Å². The molecule has 0 spiro atoms. The van der Waals surface area contributed by atoms with Gasteiger partial charge in [-0.15, -0.1) is 0 Å². The van der Waals surface area contributed by atoms with Crippen LogP contribution in [0.4, 0.5) is 0 Å². The summed E-state index contributed by atoms with van der Waals surface area (Å²) in [6.07, 6.45) is 4.53. The van der Waals surface area contributed by atoms with Crippen molar-refractivity contribution in [3.63, 3.8) is 0 Å². The Bertz CT molecular complexity index is 272. The Labute approximate surface area is 78.0 Å². The van der Waals surface area contributed by atoms with Crippen molar-refractivity contribution in [3.8, 4) is 0 Å². The summed E-state index contributed by atoms with van der Waals surface area (Å²) in [5.74, 6) is 0.101. The quantitative estimate of drug-likeness (QED) is 0.746. The van der Waals surface area contributed by atoms with Gasteiger partial charge < -0.3 is 5.73 Å². The predicted molar refractivity (Wildman–Crippen MR) is 51.2 cm³/mol. The number of ketones is 1. The zero-order chi connectivity index (χ0) is 9.68. The molecule has 70 valence electrons. The van der Waals surface area contributed by atoms with Gasteiger partial charge in [0.15, 0.2) is 0 Å². The van der Waals surface area contributed by atoms with E-state index in [0.717, 1.165) is 5.56 Å². The minimum atomic E-state index is -0.380. The molecule has 0 aliphatic heterocycles. The lowest BCUT2D eigenvalue weighted by Gasteiger charge is -2.08. The molecular formula is C10H14N2O. The average Bonchev–Trinajstić information content (AvgIpc) is 2.18. The van der Waals surface area contributed by atoms with Crippen LogP contribution in [0.2, 0.25) is 0 Å². The summed E-state index contributed by atoms with van der Waals surface area (Å²) >= 11 is 0. The zero-order valence-electron chi connectivity index (χ0n) is 7.73. The molecule has 0 fully saturated rings. The fraction of sp³-hybridized carbons (Fsp3) is 0.400. The van der Waals surface area contributed by atoms with Gasteiger partial charge in [-0.1, -0.05) is 13.0 Å². The Hall–Kier alpha value is -1.22. The van der Waals surface area contributed by atoms with E-state index in [9.17, 15) is 4.79 Å². The fourth-order valence-corrected chi connectivity index (χ4v) is 1.15. The lowest BCUT2D eigenvalue weighted by atomic mass is 10.0. The van der Waals surface area contributed by atoms with Crippen LogP contribution in [0.1, 0.15) is 18.9 Å². The average molecular weight is 178 g/mol. The molecule has 3 heteroatoms. The van der Waals surface area contributed by atoms with Crippen molar-refractivity contribution in [2.75, 3.05) is 0 Å². The number of Topliss-reactive ketones (excluding diaryl/α,β-unsaturated/α-hetero) is 1. The van der Waals surface area contributed by atoms with Crippen LogP contribution >= 0.6 is 0 Å².